The van der Waals surface area contributed by atoms with Crippen molar-refractivity contribution in [2.24, 2.45) is 0 Å². The third-order valence-electron chi connectivity index (χ3n) is 4.50. The van der Waals surface area contributed by atoms with Gasteiger partial charge < -0.3 is 0 Å². The van der Waals surface area contributed by atoms with E-state index in [1.54, 1.807) is 0 Å². The second kappa shape index (κ2) is 7.58. The fraction of sp³-hybridized carbons (Fsp3) is 0.389. The van der Waals surface area contributed by atoms with Gasteiger partial charge in [-0.1, -0.05) is 36.4 Å². The van der Waals surface area contributed by atoms with E-state index in [9.17, 15) is 14.4 Å². The Labute approximate surface area is 147 Å². The van der Waals surface area contributed by atoms with Crippen LogP contribution < -0.4 is 0 Å². The number of amides is 4. The highest BCUT2D eigenvalue weighted by atomic mass is 16.2. The number of benzene rings is 1. The van der Waals surface area contributed by atoms with Gasteiger partial charge in [0.1, 0.15) is 0 Å². The molecule has 7 nitrogen and oxygen atoms in total. The van der Waals surface area contributed by atoms with E-state index >= 15 is 0 Å². The van der Waals surface area contributed by atoms with E-state index in [0.29, 0.717) is 0 Å². The van der Waals surface area contributed by atoms with Crippen molar-refractivity contribution < 1.29 is 14.4 Å². The summed E-state index contributed by atoms with van der Waals surface area (Å²) < 4.78 is 0. The normalized spacial score (nSPS) is 19.8. The van der Waals surface area contributed by atoms with Crippen molar-refractivity contribution in [3.8, 4) is 0 Å². The minimum Gasteiger partial charge on any atom is -0.297 e. The largest absolute Gasteiger partial charge is 0.335 e. The third kappa shape index (κ3) is 3.78. The summed E-state index contributed by atoms with van der Waals surface area (Å²) in [7, 11) is 0. The maximum absolute atomic E-state index is 12.2. The number of carbonyl (C=O) groups excluding carboxylic acids is 3. The van der Waals surface area contributed by atoms with Crippen LogP contribution in [0.25, 0.3) is 0 Å². The van der Waals surface area contributed by atoms with E-state index in [4.69, 9.17) is 0 Å². The van der Waals surface area contributed by atoms with E-state index in [2.05, 4.69) is 23.6 Å². The van der Waals surface area contributed by atoms with Crippen molar-refractivity contribution in [3.05, 3.63) is 48.6 Å². The average Bonchev–Trinajstić information content (AvgIpc) is 2.82. The van der Waals surface area contributed by atoms with Crippen molar-refractivity contribution in [3.63, 3.8) is 0 Å². The summed E-state index contributed by atoms with van der Waals surface area (Å²) in [5, 5.41) is 0. The van der Waals surface area contributed by atoms with Gasteiger partial charge in [-0.05, 0) is 5.56 Å². The molecule has 1 aromatic carbocycles. The van der Waals surface area contributed by atoms with Gasteiger partial charge in [0.2, 0.25) is 0 Å². The molecule has 0 atom stereocenters. The van der Waals surface area contributed by atoms with Gasteiger partial charge in [0.15, 0.2) is 0 Å². The van der Waals surface area contributed by atoms with E-state index in [0.717, 1.165) is 42.5 Å². The Balaban J connectivity index is 1.52. The molecule has 7 heteroatoms. The summed E-state index contributed by atoms with van der Waals surface area (Å²) in [6.07, 6.45) is 1.44. The van der Waals surface area contributed by atoms with Crippen LogP contribution in [0.4, 0.5) is 4.79 Å². The predicted octanol–water partition coefficient (Wildman–Crippen LogP) is 0.739. The first-order valence-corrected chi connectivity index (χ1v) is 8.37. The van der Waals surface area contributed by atoms with Crippen LogP contribution in [-0.4, -0.2) is 76.8 Å². The Hall–Kier alpha value is -2.51. The fourth-order valence-corrected chi connectivity index (χ4v) is 3.10. The highest BCUT2D eigenvalue weighted by molar-refractivity contribution is 6.44. The lowest BCUT2D eigenvalue weighted by molar-refractivity contribution is -0.143. The van der Waals surface area contributed by atoms with Crippen LogP contribution in [0.15, 0.2) is 43.0 Å². The molecule has 2 fully saturated rings. The van der Waals surface area contributed by atoms with Gasteiger partial charge in [0.25, 0.3) is 0 Å². The highest BCUT2D eigenvalue weighted by Gasteiger charge is 2.44. The molecule has 2 aliphatic rings. The Bertz CT molecular complexity index is 668. The predicted molar refractivity (Wildman–Crippen MR) is 92.3 cm³/mol. The molecule has 3 rings (SSSR count). The molecule has 0 unspecified atom stereocenters. The summed E-state index contributed by atoms with van der Waals surface area (Å²) in [6.45, 7) is 7.84. The van der Waals surface area contributed by atoms with Gasteiger partial charge in [0.05, 0.1) is 6.67 Å². The maximum Gasteiger partial charge on any atom is 0.335 e. The van der Waals surface area contributed by atoms with Gasteiger partial charge in [-0.2, -0.15) is 0 Å². The average molecular weight is 342 g/mol. The molecule has 0 aromatic heterocycles. The van der Waals surface area contributed by atoms with Crippen molar-refractivity contribution in [1.29, 1.82) is 0 Å². The number of piperazine rings is 1. The number of urea groups is 1. The second-order valence-corrected chi connectivity index (χ2v) is 6.24. The number of nitrogens with zero attached hydrogens (tertiary/aromatic N) is 4. The SMILES string of the molecule is C=CCN1C(=O)C(=O)N(CN2CCN(Cc3ccccc3)CC2)C1=O. The lowest BCUT2D eigenvalue weighted by Gasteiger charge is -2.35. The van der Waals surface area contributed by atoms with Gasteiger partial charge in [-0.15, -0.1) is 6.58 Å². The Morgan fingerprint density at radius 2 is 1.48 bits per heavy atom. The Morgan fingerprint density at radius 1 is 0.880 bits per heavy atom. The van der Waals surface area contributed by atoms with E-state index in [1.165, 1.54) is 11.6 Å². The molecule has 0 N–H and O–H groups in total. The van der Waals surface area contributed by atoms with Crippen LogP contribution in [-0.2, 0) is 16.1 Å². The standard InChI is InChI=1S/C18H22N4O3/c1-2-8-21-16(23)17(24)22(18(21)25)14-20-11-9-19(10-12-20)13-15-6-4-3-5-7-15/h2-7H,1,8-14H2. The van der Waals surface area contributed by atoms with Crippen molar-refractivity contribution in [1.82, 2.24) is 19.6 Å². The smallest absolute Gasteiger partial charge is 0.297 e. The van der Waals surface area contributed by atoms with E-state index < -0.39 is 17.8 Å². The number of imide groups is 2. The van der Waals surface area contributed by atoms with Crippen molar-refractivity contribution in [2.75, 3.05) is 39.4 Å². The molecule has 0 aliphatic carbocycles. The number of rotatable bonds is 6. The first kappa shape index (κ1) is 17.3. The zero-order valence-electron chi connectivity index (χ0n) is 14.1. The van der Waals surface area contributed by atoms with Crippen LogP contribution in [0, 0.1) is 0 Å². The van der Waals surface area contributed by atoms with Gasteiger partial charge in [-0.25, -0.2) is 9.69 Å². The molecule has 132 valence electrons. The quantitative estimate of drug-likeness (QED) is 0.433. The molecule has 0 saturated carbocycles. The molecule has 4 amide bonds. The van der Waals surface area contributed by atoms with Crippen LogP contribution >= 0.6 is 0 Å². The summed E-state index contributed by atoms with van der Waals surface area (Å²) in [5.41, 5.74) is 1.27. The fourth-order valence-electron chi connectivity index (χ4n) is 3.10. The first-order chi connectivity index (χ1) is 12.1. The van der Waals surface area contributed by atoms with Gasteiger partial charge in [0, 0.05) is 39.3 Å². The van der Waals surface area contributed by atoms with Crippen molar-refractivity contribution in [2.45, 2.75) is 6.54 Å². The summed E-state index contributed by atoms with van der Waals surface area (Å²) in [5.74, 6) is -1.52. The molecular formula is C18H22N4O3. The third-order valence-corrected chi connectivity index (χ3v) is 4.50. The summed E-state index contributed by atoms with van der Waals surface area (Å²) in [6, 6.07) is 9.72. The minimum atomic E-state index is -0.771. The van der Waals surface area contributed by atoms with Gasteiger partial charge in [-0.3, -0.25) is 24.3 Å². The lowest BCUT2D eigenvalue weighted by atomic mass is 10.2. The van der Waals surface area contributed by atoms with Crippen LogP contribution in [0.3, 0.4) is 0 Å². The molecule has 0 radical (unpaired) electrons. The van der Waals surface area contributed by atoms with Gasteiger partial charge >= 0.3 is 17.8 Å². The Kier molecular flexibility index (Phi) is 5.25. The van der Waals surface area contributed by atoms with Crippen LogP contribution in [0.1, 0.15) is 5.56 Å². The molecular weight excluding hydrogens is 320 g/mol. The lowest BCUT2D eigenvalue weighted by Crippen LogP contribution is -2.51. The van der Waals surface area contributed by atoms with Crippen molar-refractivity contribution >= 4 is 17.8 Å². The molecule has 0 bridgehead atoms. The molecule has 25 heavy (non-hydrogen) atoms. The molecule has 2 aliphatic heterocycles. The van der Waals surface area contributed by atoms with E-state index in [1.807, 2.05) is 23.1 Å². The summed E-state index contributed by atoms with van der Waals surface area (Å²) >= 11 is 0. The molecule has 2 heterocycles. The number of hydrogen-bond donors (Lipinski definition) is 0. The monoisotopic (exact) mass is 342 g/mol. The first-order valence-electron chi connectivity index (χ1n) is 8.37. The van der Waals surface area contributed by atoms with Crippen LogP contribution in [0.2, 0.25) is 0 Å². The number of hydrogen-bond acceptors (Lipinski definition) is 5. The minimum absolute atomic E-state index is 0.0603. The summed E-state index contributed by atoms with van der Waals surface area (Å²) in [4.78, 5) is 42.4. The molecule has 1 aromatic rings. The highest BCUT2D eigenvalue weighted by Crippen LogP contribution is 2.14. The molecule has 2 saturated heterocycles. The van der Waals surface area contributed by atoms with Crippen LogP contribution in [0.5, 0.6) is 0 Å². The zero-order valence-corrected chi connectivity index (χ0v) is 14.1. The number of carbonyl (C=O) groups is 3. The zero-order chi connectivity index (χ0) is 17.8. The topological polar surface area (TPSA) is 64.2 Å². The maximum atomic E-state index is 12.2. The van der Waals surface area contributed by atoms with E-state index in [-0.39, 0.29) is 13.2 Å². The second-order valence-electron chi connectivity index (χ2n) is 6.24. The Morgan fingerprint density at radius 3 is 2.12 bits per heavy atom. The molecule has 0 spiro atoms.